The molecule has 1 aromatic heterocycles. The van der Waals surface area contributed by atoms with Gasteiger partial charge in [0.25, 0.3) is 5.91 Å². The van der Waals surface area contributed by atoms with Crippen molar-refractivity contribution in [3.8, 4) is 11.5 Å². The van der Waals surface area contributed by atoms with Crippen LogP contribution in [-0.2, 0) is 28.9 Å². The SMILES string of the molecule is COCC(=O)N(CCc1ccc(OC)cc1)Cc1cc(C(=O)NCCc2ccc(OC)cc2)no1. The molecule has 2 amide bonds. The van der Waals surface area contributed by atoms with Gasteiger partial charge in [0.1, 0.15) is 18.1 Å². The molecular formula is C26H31N3O6. The van der Waals surface area contributed by atoms with Crippen molar-refractivity contribution in [2.24, 2.45) is 0 Å². The predicted molar refractivity (Wildman–Crippen MR) is 130 cm³/mol. The number of aromatic nitrogens is 1. The molecule has 0 aliphatic heterocycles. The summed E-state index contributed by atoms with van der Waals surface area (Å²) in [6.07, 6.45) is 1.32. The minimum absolute atomic E-state index is 0.0462. The molecule has 9 nitrogen and oxygen atoms in total. The molecule has 3 aromatic rings. The molecule has 0 fully saturated rings. The third-order valence-corrected chi connectivity index (χ3v) is 5.45. The summed E-state index contributed by atoms with van der Waals surface area (Å²) in [6.45, 7) is 1.05. The molecule has 0 aliphatic carbocycles. The van der Waals surface area contributed by atoms with Gasteiger partial charge in [0.2, 0.25) is 5.91 Å². The van der Waals surface area contributed by atoms with Crippen LogP contribution in [-0.4, -0.2) is 62.9 Å². The van der Waals surface area contributed by atoms with E-state index in [4.69, 9.17) is 18.7 Å². The second-order valence-electron chi connectivity index (χ2n) is 7.88. The zero-order valence-electron chi connectivity index (χ0n) is 20.3. The minimum Gasteiger partial charge on any atom is -0.497 e. The number of hydrogen-bond donors (Lipinski definition) is 1. The Morgan fingerprint density at radius 3 is 2.09 bits per heavy atom. The Morgan fingerprint density at radius 2 is 1.51 bits per heavy atom. The minimum atomic E-state index is -0.332. The Kier molecular flexibility index (Phi) is 9.68. The maximum Gasteiger partial charge on any atom is 0.273 e. The zero-order valence-corrected chi connectivity index (χ0v) is 20.3. The van der Waals surface area contributed by atoms with Gasteiger partial charge in [0.05, 0.1) is 20.8 Å². The maximum atomic E-state index is 12.6. The summed E-state index contributed by atoms with van der Waals surface area (Å²) in [7, 11) is 4.71. The van der Waals surface area contributed by atoms with E-state index in [1.807, 2.05) is 48.5 Å². The molecule has 1 N–H and O–H groups in total. The summed E-state index contributed by atoms with van der Waals surface area (Å²) < 4.78 is 20.7. The average Bonchev–Trinajstić information content (AvgIpc) is 3.36. The third kappa shape index (κ3) is 7.86. The highest BCUT2D eigenvalue weighted by Crippen LogP contribution is 2.14. The quantitative estimate of drug-likeness (QED) is 0.400. The van der Waals surface area contributed by atoms with E-state index in [0.29, 0.717) is 31.7 Å². The first-order valence-electron chi connectivity index (χ1n) is 11.3. The van der Waals surface area contributed by atoms with Gasteiger partial charge in [0, 0.05) is 26.3 Å². The summed E-state index contributed by atoms with van der Waals surface area (Å²) in [6, 6.07) is 16.9. The van der Waals surface area contributed by atoms with Gasteiger partial charge < -0.3 is 29.0 Å². The second-order valence-corrected chi connectivity index (χ2v) is 7.88. The van der Waals surface area contributed by atoms with Gasteiger partial charge in [0.15, 0.2) is 11.5 Å². The average molecular weight is 482 g/mol. The van der Waals surface area contributed by atoms with E-state index >= 15 is 0 Å². The van der Waals surface area contributed by atoms with E-state index in [1.54, 1.807) is 25.2 Å². The Morgan fingerprint density at radius 1 is 0.914 bits per heavy atom. The number of ether oxygens (including phenoxy) is 3. The van der Waals surface area contributed by atoms with Crippen molar-refractivity contribution in [2.75, 3.05) is 41.0 Å². The Balaban J connectivity index is 1.54. The van der Waals surface area contributed by atoms with E-state index in [2.05, 4.69) is 10.5 Å². The summed E-state index contributed by atoms with van der Waals surface area (Å²) in [5, 5.41) is 6.71. The van der Waals surface area contributed by atoms with Gasteiger partial charge in [-0.3, -0.25) is 9.59 Å². The largest absolute Gasteiger partial charge is 0.497 e. The van der Waals surface area contributed by atoms with Crippen molar-refractivity contribution >= 4 is 11.8 Å². The van der Waals surface area contributed by atoms with E-state index in [-0.39, 0.29) is 30.7 Å². The first-order valence-corrected chi connectivity index (χ1v) is 11.3. The molecule has 35 heavy (non-hydrogen) atoms. The van der Waals surface area contributed by atoms with Crippen LogP contribution in [0.15, 0.2) is 59.1 Å². The molecule has 0 radical (unpaired) electrons. The van der Waals surface area contributed by atoms with Crippen LogP contribution in [0, 0.1) is 0 Å². The maximum absolute atomic E-state index is 12.6. The number of rotatable bonds is 13. The summed E-state index contributed by atoms with van der Waals surface area (Å²) in [4.78, 5) is 26.7. The number of methoxy groups -OCH3 is 3. The van der Waals surface area contributed by atoms with E-state index in [0.717, 1.165) is 22.6 Å². The van der Waals surface area contributed by atoms with Gasteiger partial charge >= 0.3 is 0 Å². The van der Waals surface area contributed by atoms with Gasteiger partial charge in [-0.2, -0.15) is 0 Å². The van der Waals surface area contributed by atoms with Crippen LogP contribution >= 0.6 is 0 Å². The number of nitrogens with zero attached hydrogens (tertiary/aromatic N) is 2. The van der Waals surface area contributed by atoms with Crippen LogP contribution < -0.4 is 14.8 Å². The van der Waals surface area contributed by atoms with Gasteiger partial charge in [-0.25, -0.2) is 0 Å². The Bertz CT molecular complexity index is 1080. The number of benzene rings is 2. The lowest BCUT2D eigenvalue weighted by Crippen LogP contribution is -2.35. The summed E-state index contributed by atoms with van der Waals surface area (Å²) in [5.41, 5.74) is 2.32. The van der Waals surface area contributed by atoms with Gasteiger partial charge in [-0.1, -0.05) is 29.4 Å². The van der Waals surface area contributed by atoms with Gasteiger partial charge in [-0.05, 0) is 48.2 Å². The second kappa shape index (κ2) is 13.1. The summed E-state index contributed by atoms with van der Waals surface area (Å²) in [5.74, 6) is 1.47. The first-order chi connectivity index (χ1) is 17.0. The molecule has 0 saturated carbocycles. The molecule has 3 rings (SSSR count). The molecule has 0 atom stereocenters. The topological polar surface area (TPSA) is 103 Å². The molecular weight excluding hydrogens is 450 g/mol. The lowest BCUT2D eigenvalue weighted by Gasteiger charge is -2.21. The van der Waals surface area contributed by atoms with Crippen molar-refractivity contribution in [1.82, 2.24) is 15.4 Å². The zero-order chi connectivity index (χ0) is 25.0. The van der Waals surface area contributed by atoms with Crippen LogP contribution in [0.1, 0.15) is 27.4 Å². The number of carbonyl (C=O) groups is 2. The van der Waals surface area contributed by atoms with E-state index in [9.17, 15) is 9.59 Å². The molecule has 0 spiro atoms. The van der Waals surface area contributed by atoms with E-state index < -0.39 is 0 Å². The fourth-order valence-electron chi connectivity index (χ4n) is 3.45. The molecule has 0 unspecified atom stereocenters. The van der Waals surface area contributed by atoms with Gasteiger partial charge in [-0.15, -0.1) is 0 Å². The van der Waals surface area contributed by atoms with Crippen LogP contribution in [0.3, 0.4) is 0 Å². The normalized spacial score (nSPS) is 10.6. The van der Waals surface area contributed by atoms with Crippen LogP contribution in [0.5, 0.6) is 11.5 Å². The standard InChI is InChI=1S/C26H31N3O6/c1-32-18-25(30)29(15-13-20-6-10-22(34-3)11-7-20)17-23-16-24(28-35-23)26(31)27-14-12-19-4-8-21(33-2)9-5-19/h4-11,16H,12-15,17-18H2,1-3H3,(H,27,31). The molecule has 9 heteroatoms. The molecule has 0 bridgehead atoms. The van der Waals surface area contributed by atoms with Crippen LogP contribution in [0.25, 0.3) is 0 Å². The monoisotopic (exact) mass is 481 g/mol. The number of carbonyl (C=O) groups excluding carboxylic acids is 2. The van der Waals surface area contributed by atoms with Crippen LogP contribution in [0.2, 0.25) is 0 Å². The Labute approximate surface area is 204 Å². The number of hydrogen-bond acceptors (Lipinski definition) is 7. The van der Waals surface area contributed by atoms with E-state index in [1.165, 1.54) is 7.11 Å². The summed E-state index contributed by atoms with van der Waals surface area (Å²) >= 11 is 0. The highest BCUT2D eigenvalue weighted by atomic mass is 16.5. The molecule has 186 valence electrons. The van der Waals surface area contributed by atoms with Crippen molar-refractivity contribution in [3.63, 3.8) is 0 Å². The van der Waals surface area contributed by atoms with Crippen molar-refractivity contribution in [2.45, 2.75) is 19.4 Å². The molecule has 2 aromatic carbocycles. The lowest BCUT2D eigenvalue weighted by atomic mass is 10.1. The smallest absolute Gasteiger partial charge is 0.273 e. The first kappa shape index (κ1) is 25.8. The van der Waals surface area contributed by atoms with Crippen molar-refractivity contribution in [3.05, 3.63) is 77.2 Å². The number of nitrogens with one attached hydrogen (secondary N) is 1. The Hall–Kier alpha value is -3.85. The number of amides is 2. The highest BCUT2D eigenvalue weighted by molar-refractivity contribution is 5.92. The predicted octanol–water partition coefficient (Wildman–Crippen LogP) is 2.88. The third-order valence-electron chi connectivity index (χ3n) is 5.45. The highest BCUT2D eigenvalue weighted by Gasteiger charge is 2.18. The lowest BCUT2D eigenvalue weighted by molar-refractivity contribution is -0.136. The van der Waals surface area contributed by atoms with Crippen LogP contribution in [0.4, 0.5) is 0 Å². The molecule has 0 aliphatic rings. The van der Waals surface area contributed by atoms with Crippen molar-refractivity contribution in [1.29, 1.82) is 0 Å². The fraction of sp³-hybridized carbons (Fsp3) is 0.346. The fourth-order valence-corrected chi connectivity index (χ4v) is 3.45. The molecule has 1 heterocycles. The van der Waals surface area contributed by atoms with Crippen molar-refractivity contribution < 1.29 is 28.3 Å². The molecule has 0 saturated heterocycles.